The smallest absolute Gasteiger partial charge is 0.416 e. The SMILES string of the molecule is O=c1ncn(Cc2ccc(Cl)cc2)c2cc(-c3ccc(OCc4cc(C(F)(F)F)ccc4Cl)cc3)sc12. The van der Waals surface area contributed by atoms with Crippen LogP contribution < -0.4 is 10.3 Å². The summed E-state index contributed by atoms with van der Waals surface area (Å²) in [6.45, 7) is 0.420. The van der Waals surface area contributed by atoms with E-state index >= 15 is 0 Å². The Kier molecular flexibility index (Phi) is 6.98. The van der Waals surface area contributed by atoms with Crippen molar-refractivity contribution in [1.29, 1.82) is 0 Å². The van der Waals surface area contributed by atoms with Crippen LogP contribution in [-0.4, -0.2) is 9.55 Å². The van der Waals surface area contributed by atoms with Crippen molar-refractivity contribution >= 4 is 44.8 Å². The lowest BCUT2D eigenvalue weighted by Crippen LogP contribution is -2.11. The lowest BCUT2D eigenvalue weighted by molar-refractivity contribution is -0.137. The van der Waals surface area contributed by atoms with Gasteiger partial charge < -0.3 is 9.30 Å². The molecule has 37 heavy (non-hydrogen) atoms. The molecule has 5 aromatic rings. The van der Waals surface area contributed by atoms with Crippen LogP contribution in [0.2, 0.25) is 10.0 Å². The molecule has 0 amide bonds. The van der Waals surface area contributed by atoms with Gasteiger partial charge in [-0.05, 0) is 71.8 Å². The summed E-state index contributed by atoms with van der Waals surface area (Å²) < 4.78 is 47.2. The Morgan fingerprint density at radius 3 is 2.38 bits per heavy atom. The fourth-order valence-electron chi connectivity index (χ4n) is 3.78. The molecule has 0 fully saturated rings. The highest BCUT2D eigenvalue weighted by Crippen LogP contribution is 2.34. The molecule has 0 saturated heterocycles. The van der Waals surface area contributed by atoms with Crippen molar-refractivity contribution in [3.8, 4) is 16.2 Å². The minimum absolute atomic E-state index is 0.110. The van der Waals surface area contributed by atoms with E-state index in [0.717, 1.165) is 33.7 Å². The van der Waals surface area contributed by atoms with Gasteiger partial charge in [-0.15, -0.1) is 11.3 Å². The maximum Gasteiger partial charge on any atom is 0.416 e. The molecule has 0 N–H and O–H groups in total. The second-order valence-electron chi connectivity index (χ2n) is 8.25. The Labute approximate surface area is 223 Å². The minimum Gasteiger partial charge on any atom is -0.489 e. The molecule has 3 aromatic carbocycles. The number of ether oxygens (including phenoxy) is 1. The maximum absolute atomic E-state index is 13.0. The van der Waals surface area contributed by atoms with Gasteiger partial charge in [-0.2, -0.15) is 18.2 Å². The molecule has 0 unspecified atom stereocenters. The third-order valence-corrected chi connectivity index (χ3v) is 7.48. The Morgan fingerprint density at radius 2 is 1.68 bits per heavy atom. The zero-order valence-electron chi connectivity index (χ0n) is 18.9. The third-order valence-electron chi connectivity index (χ3n) is 5.70. The Morgan fingerprint density at radius 1 is 0.946 bits per heavy atom. The van der Waals surface area contributed by atoms with Crippen LogP contribution in [0.15, 0.2) is 83.9 Å². The van der Waals surface area contributed by atoms with Crippen LogP contribution >= 0.6 is 34.5 Å². The predicted octanol–water partition coefficient (Wildman–Crippen LogP) is 8.08. The number of fused-ring (bicyclic) bond motifs is 1. The predicted molar refractivity (Wildman–Crippen MR) is 141 cm³/mol. The van der Waals surface area contributed by atoms with Crippen molar-refractivity contribution in [2.75, 3.05) is 0 Å². The van der Waals surface area contributed by atoms with Gasteiger partial charge >= 0.3 is 6.18 Å². The van der Waals surface area contributed by atoms with E-state index < -0.39 is 11.7 Å². The van der Waals surface area contributed by atoms with E-state index in [0.29, 0.717) is 22.0 Å². The molecule has 0 bridgehead atoms. The van der Waals surface area contributed by atoms with Crippen LogP contribution in [-0.2, 0) is 19.3 Å². The van der Waals surface area contributed by atoms with Crippen molar-refractivity contribution < 1.29 is 17.9 Å². The number of hydrogen-bond donors (Lipinski definition) is 0. The van der Waals surface area contributed by atoms with Gasteiger partial charge in [-0.1, -0.05) is 35.3 Å². The van der Waals surface area contributed by atoms with Crippen LogP contribution in [0.4, 0.5) is 13.2 Å². The van der Waals surface area contributed by atoms with E-state index in [1.54, 1.807) is 12.1 Å². The van der Waals surface area contributed by atoms with Gasteiger partial charge in [0.05, 0.1) is 17.4 Å². The highest BCUT2D eigenvalue weighted by atomic mass is 35.5. The van der Waals surface area contributed by atoms with Gasteiger partial charge in [0, 0.05) is 27.0 Å². The second kappa shape index (κ2) is 10.2. The standard InChI is InChI=1S/C27H17Cl2F3N2O2S/c28-20-6-1-16(2-7-20)13-34-15-33-26(35)25-23(34)12-24(37-25)17-3-8-21(9-4-17)36-14-18-11-19(27(30,31)32)5-10-22(18)29/h1-12,15H,13-14H2. The normalized spacial score (nSPS) is 11.7. The molecule has 10 heteroatoms. The average Bonchev–Trinajstić information content (AvgIpc) is 3.33. The highest BCUT2D eigenvalue weighted by molar-refractivity contribution is 7.22. The van der Waals surface area contributed by atoms with E-state index in [1.165, 1.54) is 23.7 Å². The Bertz CT molecular complexity index is 1630. The van der Waals surface area contributed by atoms with E-state index in [-0.39, 0.29) is 22.8 Å². The monoisotopic (exact) mass is 560 g/mol. The van der Waals surface area contributed by atoms with Gasteiger partial charge in [0.25, 0.3) is 5.56 Å². The molecule has 0 atom stereocenters. The molecule has 0 aliphatic rings. The lowest BCUT2D eigenvalue weighted by atomic mass is 10.1. The topological polar surface area (TPSA) is 44.1 Å². The van der Waals surface area contributed by atoms with Crippen molar-refractivity contribution in [1.82, 2.24) is 9.55 Å². The Hall–Kier alpha value is -3.33. The van der Waals surface area contributed by atoms with E-state index in [4.69, 9.17) is 27.9 Å². The molecule has 2 aromatic heterocycles. The van der Waals surface area contributed by atoms with Gasteiger partial charge in [-0.25, -0.2) is 0 Å². The first-order valence-electron chi connectivity index (χ1n) is 11.0. The van der Waals surface area contributed by atoms with Gasteiger partial charge in [0.15, 0.2) is 0 Å². The molecule has 0 aliphatic carbocycles. The average molecular weight is 561 g/mol. The lowest BCUT2D eigenvalue weighted by Gasteiger charge is -2.12. The van der Waals surface area contributed by atoms with Crippen molar-refractivity contribution in [3.63, 3.8) is 0 Å². The van der Waals surface area contributed by atoms with E-state index in [2.05, 4.69) is 4.98 Å². The molecular weight excluding hydrogens is 544 g/mol. The summed E-state index contributed by atoms with van der Waals surface area (Å²) in [5.74, 6) is 0.474. The summed E-state index contributed by atoms with van der Waals surface area (Å²) in [5, 5.41) is 0.846. The summed E-state index contributed by atoms with van der Waals surface area (Å²) in [6, 6.07) is 19.7. The number of alkyl halides is 3. The summed E-state index contributed by atoms with van der Waals surface area (Å²) in [6.07, 6.45) is -2.93. The molecule has 2 heterocycles. The van der Waals surface area contributed by atoms with E-state index in [1.807, 2.05) is 47.0 Å². The van der Waals surface area contributed by atoms with Gasteiger partial charge in [0.1, 0.15) is 17.1 Å². The van der Waals surface area contributed by atoms with Crippen LogP contribution in [0.3, 0.4) is 0 Å². The molecular formula is C27H17Cl2F3N2O2S. The van der Waals surface area contributed by atoms with Crippen LogP contribution in [0.5, 0.6) is 5.75 Å². The van der Waals surface area contributed by atoms with E-state index in [9.17, 15) is 18.0 Å². The number of aromatic nitrogens is 2. The quantitative estimate of drug-likeness (QED) is 0.211. The molecule has 188 valence electrons. The number of benzene rings is 3. The van der Waals surface area contributed by atoms with Crippen molar-refractivity contribution in [2.24, 2.45) is 0 Å². The molecule has 5 rings (SSSR count). The first kappa shape index (κ1) is 25.3. The molecule has 0 radical (unpaired) electrons. The number of nitrogens with zero attached hydrogens (tertiary/aromatic N) is 2. The summed E-state index contributed by atoms with van der Waals surface area (Å²) in [4.78, 5) is 17.3. The van der Waals surface area contributed by atoms with Crippen molar-refractivity contribution in [2.45, 2.75) is 19.3 Å². The van der Waals surface area contributed by atoms with Crippen LogP contribution in [0.25, 0.3) is 20.7 Å². The van der Waals surface area contributed by atoms with Gasteiger partial charge in [0.2, 0.25) is 0 Å². The third kappa shape index (κ3) is 5.66. The highest BCUT2D eigenvalue weighted by Gasteiger charge is 2.31. The molecule has 4 nitrogen and oxygen atoms in total. The van der Waals surface area contributed by atoms with Crippen molar-refractivity contribution in [3.05, 3.63) is 116 Å². The molecule has 0 aliphatic heterocycles. The first-order valence-corrected chi connectivity index (χ1v) is 12.6. The Balaban J connectivity index is 1.36. The number of thiophene rings is 1. The second-order valence-corrected chi connectivity index (χ2v) is 10.1. The summed E-state index contributed by atoms with van der Waals surface area (Å²) >= 11 is 13.4. The minimum atomic E-state index is -4.46. The summed E-state index contributed by atoms with van der Waals surface area (Å²) in [7, 11) is 0. The fourth-order valence-corrected chi connectivity index (χ4v) is 5.15. The largest absolute Gasteiger partial charge is 0.489 e. The van der Waals surface area contributed by atoms with Gasteiger partial charge in [-0.3, -0.25) is 4.79 Å². The zero-order valence-corrected chi connectivity index (χ0v) is 21.3. The molecule has 0 spiro atoms. The summed E-state index contributed by atoms with van der Waals surface area (Å²) in [5.41, 5.74) is 1.82. The molecule has 0 saturated carbocycles. The van der Waals surface area contributed by atoms with Crippen LogP contribution in [0.1, 0.15) is 16.7 Å². The number of halogens is 5. The first-order chi connectivity index (χ1) is 17.7. The number of hydrogen-bond acceptors (Lipinski definition) is 4. The maximum atomic E-state index is 13.0. The number of rotatable bonds is 6. The van der Waals surface area contributed by atoms with Crippen LogP contribution in [0, 0.1) is 0 Å². The zero-order chi connectivity index (χ0) is 26.2. The fraction of sp³-hybridized carbons (Fsp3) is 0.111.